The van der Waals surface area contributed by atoms with Gasteiger partial charge in [0.05, 0.1) is 22.0 Å². The third kappa shape index (κ3) is 2.93. The summed E-state index contributed by atoms with van der Waals surface area (Å²) in [6, 6.07) is 9.46. The van der Waals surface area contributed by atoms with E-state index in [0.717, 1.165) is 16.6 Å². The molecule has 0 aliphatic rings. The van der Waals surface area contributed by atoms with Gasteiger partial charge in [-0.3, -0.25) is 9.78 Å². The number of nitrogens with one attached hydrogen (secondary N) is 1. The van der Waals surface area contributed by atoms with Crippen LogP contribution >= 0.6 is 11.6 Å². The highest BCUT2D eigenvalue weighted by atomic mass is 35.5. The number of fused-ring (bicyclic) bond motifs is 1. The molecule has 1 atom stereocenters. The van der Waals surface area contributed by atoms with Crippen molar-refractivity contribution in [3.8, 4) is 0 Å². The van der Waals surface area contributed by atoms with Crippen LogP contribution in [0.5, 0.6) is 0 Å². The number of carbonyl (C=O) groups excluding carboxylic acids is 1. The number of hydrogen-bond acceptors (Lipinski definition) is 2. The first-order valence-electron chi connectivity index (χ1n) is 6.64. The zero-order valence-corrected chi connectivity index (χ0v) is 13.0. The van der Waals surface area contributed by atoms with Crippen LogP contribution in [0.1, 0.15) is 36.8 Å². The van der Waals surface area contributed by atoms with Crippen LogP contribution in [0.4, 0.5) is 0 Å². The molecule has 0 saturated heterocycles. The number of rotatable bonds is 3. The molecule has 20 heavy (non-hydrogen) atoms. The van der Waals surface area contributed by atoms with E-state index in [1.165, 1.54) is 0 Å². The van der Waals surface area contributed by atoms with Crippen LogP contribution in [0.3, 0.4) is 0 Å². The van der Waals surface area contributed by atoms with Crippen molar-refractivity contribution in [2.24, 2.45) is 0 Å². The van der Waals surface area contributed by atoms with Gasteiger partial charge in [0.2, 0.25) is 0 Å². The van der Waals surface area contributed by atoms with Gasteiger partial charge in [0.25, 0.3) is 5.91 Å². The zero-order valence-electron chi connectivity index (χ0n) is 12.2. The Hall–Kier alpha value is -1.61. The number of para-hydroxylation sites is 1. The van der Waals surface area contributed by atoms with E-state index in [1.807, 2.05) is 58.0 Å². The minimum Gasteiger partial charge on any atom is -0.346 e. The summed E-state index contributed by atoms with van der Waals surface area (Å²) in [6.45, 7) is 7.59. The predicted molar refractivity (Wildman–Crippen MR) is 83.3 cm³/mol. The number of hydrogen-bond donors (Lipinski definition) is 1. The fraction of sp³-hybridized carbons (Fsp3) is 0.375. The van der Waals surface area contributed by atoms with E-state index >= 15 is 0 Å². The molecule has 1 heterocycles. The molecule has 0 radical (unpaired) electrons. The molecule has 2 rings (SSSR count). The fourth-order valence-corrected chi connectivity index (χ4v) is 2.01. The second kappa shape index (κ2) is 5.41. The lowest BCUT2D eigenvalue weighted by Crippen LogP contribution is -2.49. The highest BCUT2D eigenvalue weighted by Crippen LogP contribution is 2.20. The molecule has 0 saturated carbocycles. The Balaban J connectivity index is 2.45. The Morgan fingerprint density at radius 1 is 1.35 bits per heavy atom. The van der Waals surface area contributed by atoms with Gasteiger partial charge < -0.3 is 5.32 Å². The largest absolute Gasteiger partial charge is 0.346 e. The molecule has 1 N–H and O–H groups in total. The van der Waals surface area contributed by atoms with Crippen LogP contribution < -0.4 is 5.32 Å². The van der Waals surface area contributed by atoms with Gasteiger partial charge in [0.1, 0.15) is 0 Å². The highest BCUT2D eigenvalue weighted by Gasteiger charge is 2.27. The van der Waals surface area contributed by atoms with Gasteiger partial charge in [0.15, 0.2) is 0 Å². The highest BCUT2D eigenvalue weighted by molar-refractivity contribution is 6.21. The van der Waals surface area contributed by atoms with Crippen LogP contribution in [-0.2, 0) is 0 Å². The van der Waals surface area contributed by atoms with E-state index in [2.05, 4.69) is 10.3 Å². The summed E-state index contributed by atoms with van der Waals surface area (Å²) in [4.78, 5) is 17.0. The number of pyridine rings is 1. The number of halogens is 1. The summed E-state index contributed by atoms with van der Waals surface area (Å²) < 4.78 is 0. The van der Waals surface area contributed by atoms with Gasteiger partial charge in [-0.15, -0.1) is 11.6 Å². The van der Waals surface area contributed by atoms with Crippen LogP contribution in [0.2, 0.25) is 0 Å². The summed E-state index contributed by atoms with van der Waals surface area (Å²) in [7, 11) is 0. The quantitative estimate of drug-likeness (QED) is 0.876. The average Bonchev–Trinajstić information content (AvgIpc) is 2.36. The van der Waals surface area contributed by atoms with Crippen LogP contribution in [-0.4, -0.2) is 21.8 Å². The van der Waals surface area contributed by atoms with Crippen LogP contribution in [0.15, 0.2) is 30.3 Å². The summed E-state index contributed by atoms with van der Waals surface area (Å²) in [5.41, 5.74) is 1.81. The van der Waals surface area contributed by atoms with Crippen molar-refractivity contribution in [2.75, 3.05) is 0 Å². The number of alkyl halides is 1. The van der Waals surface area contributed by atoms with Gasteiger partial charge in [-0.1, -0.05) is 18.2 Å². The number of nitrogens with zero attached hydrogens (tertiary/aromatic N) is 1. The molecule has 1 aromatic carbocycles. The van der Waals surface area contributed by atoms with Crippen LogP contribution in [0, 0.1) is 6.92 Å². The Morgan fingerprint density at radius 3 is 2.65 bits per heavy atom. The molecule has 1 aromatic heterocycles. The van der Waals surface area contributed by atoms with Crippen molar-refractivity contribution in [2.45, 2.75) is 38.6 Å². The molecular formula is C16H19ClN2O. The number of aryl methyl sites for hydroxylation is 1. The minimum absolute atomic E-state index is 0.121. The van der Waals surface area contributed by atoms with E-state index in [4.69, 9.17) is 11.6 Å². The third-order valence-corrected chi connectivity index (χ3v) is 4.06. The fourth-order valence-electron chi connectivity index (χ4n) is 1.96. The predicted octanol–water partition coefficient (Wildman–Crippen LogP) is 3.68. The van der Waals surface area contributed by atoms with E-state index in [0.29, 0.717) is 5.56 Å². The molecule has 3 nitrogen and oxygen atoms in total. The van der Waals surface area contributed by atoms with Gasteiger partial charge in [-0.2, -0.15) is 0 Å². The molecule has 0 aliphatic carbocycles. The lowest BCUT2D eigenvalue weighted by atomic mass is 9.99. The lowest BCUT2D eigenvalue weighted by molar-refractivity contribution is 0.0914. The SMILES string of the molecule is Cc1cc(C(=O)NC(C)(C)C(C)Cl)c2ccccc2n1. The summed E-state index contributed by atoms with van der Waals surface area (Å²) in [6.07, 6.45) is 0. The Labute approximate surface area is 124 Å². The smallest absolute Gasteiger partial charge is 0.252 e. The molecule has 0 fully saturated rings. The Morgan fingerprint density at radius 2 is 2.00 bits per heavy atom. The maximum atomic E-state index is 12.5. The second-order valence-electron chi connectivity index (χ2n) is 5.62. The van der Waals surface area contributed by atoms with Crippen molar-refractivity contribution in [1.29, 1.82) is 0 Å². The topological polar surface area (TPSA) is 42.0 Å². The second-order valence-corrected chi connectivity index (χ2v) is 6.27. The maximum absolute atomic E-state index is 12.5. The first kappa shape index (κ1) is 14.8. The molecule has 1 unspecified atom stereocenters. The monoisotopic (exact) mass is 290 g/mol. The number of amides is 1. The van der Waals surface area contributed by atoms with Crippen molar-refractivity contribution < 1.29 is 4.79 Å². The first-order valence-corrected chi connectivity index (χ1v) is 7.08. The molecular weight excluding hydrogens is 272 g/mol. The van der Waals surface area contributed by atoms with E-state index in [-0.39, 0.29) is 11.3 Å². The van der Waals surface area contributed by atoms with Crippen molar-refractivity contribution in [3.05, 3.63) is 41.6 Å². The summed E-state index contributed by atoms with van der Waals surface area (Å²) in [5.74, 6) is -0.121. The molecule has 106 valence electrons. The van der Waals surface area contributed by atoms with Gasteiger partial charge >= 0.3 is 0 Å². The molecule has 1 amide bonds. The number of aromatic nitrogens is 1. The zero-order chi connectivity index (χ0) is 14.9. The molecule has 0 aliphatic heterocycles. The van der Waals surface area contributed by atoms with Gasteiger partial charge in [-0.05, 0) is 39.8 Å². The van der Waals surface area contributed by atoms with Gasteiger partial charge in [-0.25, -0.2) is 0 Å². The normalized spacial score (nSPS) is 13.2. The van der Waals surface area contributed by atoms with E-state index in [1.54, 1.807) is 0 Å². The number of carbonyl (C=O) groups is 1. The summed E-state index contributed by atoms with van der Waals surface area (Å²) in [5, 5.41) is 3.68. The molecule has 0 spiro atoms. The van der Waals surface area contributed by atoms with E-state index < -0.39 is 5.54 Å². The number of benzene rings is 1. The first-order chi connectivity index (χ1) is 9.31. The van der Waals surface area contributed by atoms with Crippen molar-refractivity contribution in [1.82, 2.24) is 10.3 Å². The van der Waals surface area contributed by atoms with Crippen LogP contribution in [0.25, 0.3) is 10.9 Å². The van der Waals surface area contributed by atoms with Crippen molar-refractivity contribution in [3.63, 3.8) is 0 Å². The summed E-state index contributed by atoms with van der Waals surface area (Å²) >= 11 is 6.12. The third-order valence-electron chi connectivity index (χ3n) is 3.52. The maximum Gasteiger partial charge on any atom is 0.252 e. The van der Waals surface area contributed by atoms with E-state index in [9.17, 15) is 4.79 Å². The van der Waals surface area contributed by atoms with Gasteiger partial charge in [0, 0.05) is 11.1 Å². The molecule has 0 bridgehead atoms. The Kier molecular flexibility index (Phi) is 4.00. The average molecular weight is 291 g/mol. The molecule has 2 aromatic rings. The van der Waals surface area contributed by atoms with Crippen molar-refractivity contribution >= 4 is 28.4 Å². The standard InChI is InChI=1S/C16H19ClN2O/c1-10-9-13(12-7-5-6-8-14(12)18-10)15(20)19-16(3,4)11(2)17/h5-9,11H,1-4H3,(H,19,20). The molecule has 4 heteroatoms. The Bertz CT molecular complexity index is 650. The minimum atomic E-state index is -0.475. The lowest BCUT2D eigenvalue weighted by Gasteiger charge is -2.29.